The van der Waals surface area contributed by atoms with Crippen LogP contribution in [0.1, 0.15) is 49.7 Å². The van der Waals surface area contributed by atoms with Gasteiger partial charge in [-0.3, -0.25) is 11.3 Å². The molecule has 1 aromatic rings. The number of nitrogens with one attached hydrogen (secondary N) is 1. The predicted octanol–water partition coefficient (Wildman–Crippen LogP) is 3.34. The molecular formula is C16H26N2. The first-order valence-corrected chi connectivity index (χ1v) is 7.29. The van der Waals surface area contributed by atoms with Gasteiger partial charge in [0.1, 0.15) is 0 Å². The molecule has 0 bridgehead atoms. The van der Waals surface area contributed by atoms with Gasteiger partial charge in [0, 0.05) is 6.04 Å². The summed E-state index contributed by atoms with van der Waals surface area (Å²) in [7, 11) is 0. The van der Waals surface area contributed by atoms with Crippen LogP contribution in [0, 0.1) is 12.8 Å². The number of hydrogen-bond donors (Lipinski definition) is 2. The van der Waals surface area contributed by atoms with Crippen LogP contribution in [0.25, 0.3) is 0 Å². The van der Waals surface area contributed by atoms with E-state index in [4.69, 9.17) is 5.84 Å². The highest BCUT2D eigenvalue weighted by Gasteiger charge is 2.17. The number of benzene rings is 1. The highest BCUT2D eigenvalue weighted by atomic mass is 15.2. The van der Waals surface area contributed by atoms with Crippen molar-refractivity contribution >= 4 is 0 Å². The van der Waals surface area contributed by atoms with Crippen molar-refractivity contribution in [1.29, 1.82) is 0 Å². The third-order valence-corrected chi connectivity index (χ3v) is 4.20. The van der Waals surface area contributed by atoms with Crippen molar-refractivity contribution in [2.45, 2.75) is 57.9 Å². The average Bonchev–Trinajstić information content (AvgIpc) is 2.87. The van der Waals surface area contributed by atoms with E-state index in [1.165, 1.54) is 49.7 Å². The Kier molecular flexibility index (Phi) is 5.21. The summed E-state index contributed by atoms with van der Waals surface area (Å²) in [6, 6.07) is 9.17. The smallest absolute Gasteiger partial charge is 0.0251 e. The fraction of sp³-hybridized carbons (Fsp3) is 0.625. The minimum Gasteiger partial charge on any atom is -0.271 e. The van der Waals surface area contributed by atoms with Gasteiger partial charge in [0.15, 0.2) is 0 Å². The second kappa shape index (κ2) is 6.91. The van der Waals surface area contributed by atoms with Crippen molar-refractivity contribution in [2.24, 2.45) is 11.8 Å². The molecule has 1 unspecified atom stereocenters. The largest absolute Gasteiger partial charge is 0.271 e. The van der Waals surface area contributed by atoms with Crippen molar-refractivity contribution in [3.05, 3.63) is 35.4 Å². The maximum absolute atomic E-state index is 5.69. The molecule has 3 N–H and O–H groups in total. The molecule has 0 amide bonds. The Morgan fingerprint density at radius 1 is 1.33 bits per heavy atom. The lowest BCUT2D eigenvalue weighted by atomic mass is 9.95. The molecule has 2 heteroatoms. The Morgan fingerprint density at radius 2 is 2.11 bits per heavy atom. The fourth-order valence-electron chi connectivity index (χ4n) is 3.10. The SMILES string of the molecule is Cc1cccc(CC(CCC2CCCC2)NN)c1. The van der Waals surface area contributed by atoms with Crippen molar-refractivity contribution in [3.63, 3.8) is 0 Å². The van der Waals surface area contributed by atoms with Gasteiger partial charge in [-0.15, -0.1) is 0 Å². The van der Waals surface area contributed by atoms with Crippen LogP contribution in [0.2, 0.25) is 0 Å². The summed E-state index contributed by atoms with van der Waals surface area (Å²) >= 11 is 0. The molecule has 18 heavy (non-hydrogen) atoms. The quantitative estimate of drug-likeness (QED) is 0.597. The summed E-state index contributed by atoms with van der Waals surface area (Å²) in [5.41, 5.74) is 5.72. The summed E-state index contributed by atoms with van der Waals surface area (Å²) in [4.78, 5) is 0. The molecule has 0 spiro atoms. The first-order chi connectivity index (χ1) is 8.78. The Hall–Kier alpha value is -0.860. The number of aryl methyl sites for hydroxylation is 1. The number of hydrazine groups is 1. The van der Waals surface area contributed by atoms with Gasteiger partial charge in [0.25, 0.3) is 0 Å². The Balaban J connectivity index is 1.81. The van der Waals surface area contributed by atoms with E-state index in [0.29, 0.717) is 6.04 Å². The lowest BCUT2D eigenvalue weighted by Gasteiger charge is -2.18. The van der Waals surface area contributed by atoms with E-state index < -0.39 is 0 Å². The molecule has 1 aliphatic carbocycles. The molecule has 1 aliphatic rings. The van der Waals surface area contributed by atoms with Crippen LogP contribution in [-0.4, -0.2) is 6.04 Å². The molecule has 1 saturated carbocycles. The van der Waals surface area contributed by atoms with Gasteiger partial charge < -0.3 is 0 Å². The topological polar surface area (TPSA) is 38.0 Å². The zero-order valence-corrected chi connectivity index (χ0v) is 11.5. The second-order valence-electron chi connectivity index (χ2n) is 5.78. The highest BCUT2D eigenvalue weighted by molar-refractivity contribution is 5.22. The molecule has 2 nitrogen and oxygen atoms in total. The van der Waals surface area contributed by atoms with Crippen molar-refractivity contribution < 1.29 is 0 Å². The van der Waals surface area contributed by atoms with Gasteiger partial charge in [-0.2, -0.15) is 0 Å². The number of hydrogen-bond acceptors (Lipinski definition) is 2. The lowest BCUT2D eigenvalue weighted by molar-refractivity contribution is 0.407. The summed E-state index contributed by atoms with van der Waals surface area (Å²) in [6.07, 6.45) is 9.32. The van der Waals surface area contributed by atoms with E-state index in [-0.39, 0.29) is 0 Å². The monoisotopic (exact) mass is 246 g/mol. The minimum absolute atomic E-state index is 0.424. The van der Waals surface area contributed by atoms with E-state index >= 15 is 0 Å². The first kappa shape index (κ1) is 13.6. The van der Waals surface area contributed by atoms with E-state index in [0.717, 1.165) is 12.3 Å². The lowest BCUT2D eigenvalue weighted by Crippen LogP contribution is -2.37. The van der Waals surface area contributed by atoms with Gasteiger partial charge in [0.2, 0.25) is 0 Å². The summed E-state index contributed by atoms with van der Waals surface area (Å²) in [5, 5.41) is 0. The first-order valence-electron chi connectivity index (χ1n) is 7.29. The molecular weight excluding hydrogens is 220 g/mol. The minimum atomic E-state index is 0.424. The highest BCUT2D eigenvalue weighted by Crippen LogP contribution is 2.29. The molecule has 1 atom stereocenters. The number of nitrogens with two attached hydrogens (primary N) is 1. The molecule has 0 aliphatic heterocycles. The molecule has 0 saturated heterocycles. The zero-order valence-electron chi connectivity index (χ0n) is 11.5. The van der Waals surface area contributed by atoms with Crippen molar-refractivity contribution in [2.75, 3.05) is 0 Å². The van der Waals surface area contributed by atoms with E-state index in [2.05, 4.69) is 36.6 Å². The maximum Gasteiger partial charge on any atom is 0.0251 e. The van der Waals surface area contributed by atoms with Gasteiger partial charge >= 0.3 is 0 Å². The zero-order chi connectivity index (χ0) is 12.8. The van der Waals surface area contributed by atoms with Crippen molar-refractivity contribution in [3.8, 4) is 0 Å². The van der Waals surface area contributed by atoms with Crippen LogP contribution in [0.5, 0.6) is 0 Å². The molecule has 1 fully saturated rings. The number of rotatable bonds is 6. The second-order valence-corrected chi connectivity index (χ2v) is 5.78. The fourth-order valence-corrected chi connectivity index (χ4v) is 3.10. The van der Waals surface area contributed by atoms with Crippen molar-refractivity contribution in [1.82, 2.24) is 5.43 Å². The Bertz CT molecular complexity index is 356. The standard InChI is InChI=1S/C16H26N2/c1-13-5-4-8-15(11-13)12-16(18-17)10-9-14-6-2-3-7-14/h4-5,8,11,14,16,18H,2-3,6-7,9-10,12,17H2,1H3. The van der Waals surface area contributed by atoms with Crippen LogP contribution >= 0.6 is 0 Å². The molecule has 100 valence electrons. The van der Waals surface area contributed by atoms with Crippen LogP contribution < -0.4 is 11.3 Å². The summed E-state index contributed by atoms with van der Waals surface area (Å²) < 4.78 is 0. The van der Waals surface area contributed by atoms with Crippen LogP contribution in [-0.2, 0) is 6.42 Å². The van der Waals surface area contributed by atoms with E-state index in [9.17, 15) is 0 Å². The third kappa shape index (κ3) is 4.11. The Morgan fingerprint density at radius 3 is 2.78 bits per heavy atom. The summed E-state index contributed by atoms with van der Waals surface area (Å²) in [6.45, 7) is 2.15. The molecule has 2 rings (SSSR count). The molecule has 0 radical (unpaired) electrons. The maximum atomic E-state index is 5.69. The predicted molar refractivity (Wildman–Crippen MR) is 77.2 cm³/mol. The van der Waals surface area contributed by atoms with Gasteiger partial charge in [-0.05, 0) is 37.7 Å². The third-order valence-electron chi connectivity index (χ3n) is 4.20. The Labute approximate surface area is 111 Å². The molecule has 0 heterocycles. The van der Waals surface area contributed by atoms with Gasteiger partial charge in [-0.25, -0.2) is 0 Å². The van der Waals surface area contributed by atoms with Crippen LogP contribution in [0.4, 0.5) is 0 Å². The normalized spacial score (nSPS) is 18.1. The average molecular weight is 246 g/mol. The molecule has 0 aromatic heterocycles. The van der Waals surface area contributed by atoms with E-state index in [1.54, 1.807) is 0 Å². The van der Waals surface area contributed by atoms with Crippen LogP contribution in [0.3, 0.4) is 0 Å². The summed E-state index contributed by atoms with van der Waals surface area (Å²) in [5.74, 6) is 6.65. The van der Waals surface area contributed by atoms with Gasteiger partial charge in [0.05, 0.1) is 0 Å². The van der Waals surface area contributed by atoms with Crippen LogP contribution in [0.15, 0.2) is 24.3 Å². The van der Waals surface area contributed by atoms with E-state index in [1.807, 2.05) is 0 Å². The molecule has 1 aromatic carbocycles. The van der Waals surface area contributed by atoms with Gasteiger partial charge in [-0.1, -0.05) is 55.5 Å².